The zero-order valence-corrected chi connectivity index (χ0v) is 17.6. The lowest BCUT2D eigenvalue weighted by Gasteiger charge is -2.18. The molecule has 154 valence electrons. The Morgan fingerprint density at radius 3 is 2.71 bits per heavy atom. The molecular formula is C23H15ClFN3O2S. The highest BCUT2D eigenvalue weighted by atomic mass is 35.5. The Bertz CT molecular complexity index is 1290. The predicted molar refractivity (Wildman–Crippen MR) is 122 cm³/mol. The van der Waals surface area contributed by atoms with Crippen molar-refractivity contribution < 1.29 is 13.9 Å². The van der Waals surface area contributed by atoms with Crippen molar-refractivity contribution in [1.29, 1.82) is 0 Å². The highest BCUT2D eigenvalue weighted by Crippen LogP contribution is 2.42. The number of fused-ring (bicyclic) bond motifs is 1. The molecule has 0 aliphatic carbocycles. The van der Waals surface area contributed by atoms with Crippen LogP contribution in [0, 0.1) is 5.82 Å². The van der Waals surface area contributed by atoms with Gasteiger partial charge < -0.3 is 15.4 Å². The first-order valence-electron chi connectivity index (χ1n) is 9.42. The molecule has 2 N–H and O–H groups in total. The van der Waals surface area contributed by atoms with E-state index >= 15 is 0 Å². The van der Waals surface area contributed by atoms with Crippen LogP contribution in [0.2, 0.25) is 5.02 Å². The normalized spacial score (nSPS) is 12.6. The molecule has 2 heterocycles. The average molecular weight is 452 g/mol. The van der Waals surface area contributed by atoms with Gasteiger partial charge >= 0.3 is 0 Å². The highest BCUT2D eigenvalue weighted by molar-refractivity contribution is 7.19. The fourth-order valence-electron chi connectivity index (χ4n) is 3.28. The molecule has 0 fully saturated rings. The van der Waals surface area contributed by atoms with Crippen molar-refractivity contribution in [1.82, 2.24) is 4.98 Å². The number of aromatic nitrogens is 1. The number of anilines is 3. The van der Waals surface area contributed by atoms with Gasteiger partial charge in [-0.3, -0.25) is 4.79 Å². The minimum atomic E-state index is -0.477. The van der Waals surface area contributed by atoms with Crippen LogP contribution in [0.3, 0.4) is 0 Å². The first-order valence-corrected chi connectivity index (χ1v) is 10.6. The summed E-state index contributed by atoms with van der Waals surface area (Å²) in [6.07, 6.45) is 0. The zero-order chi connectivity index (χ0) is 21.4. The van der Waals surface area contributed by atoms with E-state index < -0.39 is 5.82 Å². The van der Waals surface area contributed by atoms with Crippen LogP contribution in [0.4, 0.5) is 20.9 Å². The summed E-state index contributed by atoms with van der Waals surface area (Å²) in [5.74, 6) is -0.0451. The Balaban J connectivity index is 1.58. The molecule has 0 saturated heterocycles. The van der Waals surface area contributed by atoms with Crippen molar-refractivity contribution in [3.8, 4) is 27.4 Å². The van der Waals surface area contributed by atoms with E-state index in [1.54, 1.807) is 6.07 Å². The van der Waals surface area contributed by atoms with Gasteiger partial charge in [0.1, 0.15) is 11.6 Å². The molecule has 0 bridgehead atoms. The Morgan fingerprint density at radius 1 is 1.06 bits per heavy atom. The van der Waals surface area contributed by atoms with Gasteiger partial charge in [0, 0.05) is 11.3 Å². The summed E-state index contributed by atoms with van der Waals surface area (Å²) in [5.41, 5.74) is 3.86. The highest BCUT2D eigenvalue weighted by Gasteiger charge is 2.20. The third kappa shape index (κ3) is 3.97. The van der Waals surface area contributed by atoms with Gasteiger partial charge in [0.05, 0.1) is 21.3 Å². The number of rotatable bonds is 4. The summed E-state index contributed by atoms with van der Waals surface area (Å²) >= 11 is 7.38. The Morgan fingerprint density at radius 2 is 1.90 bits per heavy atom. The molecule has 1 aliphatic heterocycles. The fraction of sp³-hybridized carbons (Fsp3) is 0.0435. The van der Waals surface area contributed by atoms with Gasteiger partial charge in [-0.25, -0.2) is 9.37 Å². The number of halogens is 2. The van der Waals surface area contributed by atoms with E-state index in [0.717, 1.165) is 21.7 Å². The number of carbonyl (C=O) groups excluding carboxylic acids is 1. The quantitative estimate of drug-likeness (QED) is 0.380. The summed E-state index contributed by atoms with van der Waals surface area (Å²) < 4.78 is 19.0. The lowest BCUT2D eigenvalue weighted by Crippen LogP contribution is -2.25. The van der Waals surface area contributed by atoms with Crippen LogP contribution in [-0.2, 0) is 4.79 Å². The molecule has 0 unspecified atom stereocenters. The molecule has 0 saturated carbocycles. The van der Waals surface area contributed by atoms with E-state index in [0.29, 0.717) is 22.3 Å². The van der Waals surface area contributed by atoms with Crippen LogP contribution in [0.5, 0.6) is 5.75 Å². The molecule has 3 aromatic carbocycles. The maximum Gasteiger partial charge on any atom is 0.262 e. The van der Waals surface area contributed by atoms with Crippen molar-refractivity contribution >= 4 is 45.4 Å². The summed E-state index contributed by atoms with van der Waals surface area (Å²) in [6.45, 7) is 0.00656. The van der Waals surface area contributed by atoms with Gasteiger partial charge in [0.15, 0.2) is 11.7 Å². The summed E-state index contributed by atoms with van der Waals surface area (Å²) in [5, 5.41) is 6.71. The van der Waals surface area contributed by atoms with E-state index in [2.05, 4.69) is 10.6 Å². The molecule has 1 aliphatic rings. The molecule has 0 spiro atoms. The van der Waals surface area contributed by atoms with Crippen LogP contribution >= 0.6 is 22.9 Å². The summed E-state index contributed by atoms with van der Waals surface area (Å²) in [7, 11) is 0. The van der Waals surface area contributed by atoms with E-state index in [1.165, 1.54) is 23.5 Å². The predicted octanol–water partition coefficient (Wildman–Crippen LogP) is 6.34. The largest absolute Gasteiger partial charge is 0.482 e. The molecule has 5 rings (SSSR count). The van der Waals surface area contributed by atoms with Gasteiger partial charge in [0.2, 0.25) is 0 Å². The fourth-order valence-corrected chi connectivity index (χ4v) is 4.48. The maximum absolute atomic E-state index is 13.5. The molecule has 0 radical (unpaired) electrons. The molecule has 8 heteroatoms. The van der Waals surface area contributed by atoms with Gasteiger partial charge in [-0.15, -0.1) is 0 Å². The van der Waals surface area contributed by atoms with Gasteiger partial charge in [-0.2, -0.15) is 0 Å². The second kappa shape index (κ2) is 8.02. The van der Waals surface area contributed by atoms with Crippen LogP contribution in [0.15, 0.2) is 66.7 Å². The maximum atomic E-state index is 13.5. The number of ether oxygens (including phenoxy) is 1. The molecule has 0 atom stereocenters. The number of thiazole rings is 1. The van der Waals surface area contributed by atoms with E-state index in [4.69, 9.17) is 21.3 Å². The number of nitrogens with zero attached hydrogens (tertiary/aromatic N) is 1. The van der Waals surface area contributed by atoms with Crippen molar-refractivity contribution in [2.45, 2.75) is 0 Å². The van der Waals surface area contributed by atoms with Crippen molar-refractivity contribution in [2.24, 2.45) is 0 Å². The third-order valence-corrected chi connectivity index (χ3v) is 6.03. The van der Waals surface area contributed by atoms with Crippen molar-refractivity contribution in [2.75, 3.05) is 17.2 Å². The number of hydrogen-bond acceptors (Lipinski definition) is 5. The first-order chi connectivity index (χ1) is 15.1. The minimum Gasteiger partial charge on any atom is -0.482 e. The van der Waals surface area contributed by atoms with Crippen molar-refractivity contribution in [3.63, 3.8) is 0 Å². The van der Waals surface area contributed by atoms with Crippen LogP contribution in [-0.4, -0.2) is 17.5 Å². The second-order valence-corrected chi connectivity index (χ2v) is 8.27. The standard InChI is InChI=1S/C23H15ClFN3O2S/c24-16-11-15(7-8-17(16)25)26-23-28-21(22(31-23)13-4-2-1-3-5-13)14-6-9-19-18(10-14)27-20(29)12-30-19/h1-11H,12H2,(H,26,28)(H,27,29). The number of nitrogens with one attached hydrogen (secondary N) is 2. The third-order valence-electron chi connectivity index (χ3n) is 4.72. The number of benzene rings is 3. The van der Waals surface area contributed by atoms with Crippen molar-refractivity contribution in [3.05, 3.63) is 77.6 Å². The topological polar surface area (TPSA) is 63.2 Å². The van der Waals surface area contributed by atoms with Gasteiger partial charge in [0.25, 0.3) is 5.91 Å². The van der Waals surface area contributed by atoms with Crippen LogP contribution < -0.4 is 15.4 Å². The average Bonchev–Trinajstić information content (AvgIpc) is 3.20. The van der Waals surface area contributed by atoms with Crippen LogP contribution in [0.1, 0.15) is 0 Å². The smallest absolute Gasteiger partial charge is 0.262 e. The van der Waals surface area contributed by atoms with Gasteiger partial charge in [-0.1, -0.05) is 53.3 Å². The number of carbonyl (C=O) groups is 1. The number of amides is 1. The Kier molecular flexibility index (Phi) is 5.05. The van der Waals surface area contributed by atoms with Crippen LogP contribution in [0.25, 0.3) is 21.7 Å². The molecule has 1 amide bonds. The molecule has 4 aromatic rings. The molecular weight excluding hydrogens is 437 g/mol. The lowest BCUT2D eigenvalue weighted by molar-refractivity contribution is -0.118. The SMILES string of the molecule is O=C1COc2ccc(-c3nc(Nc4ccc(F)c(Cl)c4)sc3-c3ccccc3)cc2N1. The monoisotopic (exact) mass is 451 g/mol. The van der Waals surface area contributed by atoms with E-state index in [-0.39, 0.29) is 17.5 Å². The summed E-state index contributed by atoms with van der Waals surface area (Å²) in [6, 6.07) is 19.9. The second-order valence-electron chi connectivity index (χ2n) is 6.86. The number of hydrogen-bond donors (Lipinski definition) is 2. The Hall–Kier alpha value is -3.42. The lowest BCUT2D eigenvalue weighted by atomic mass is 10.1. The molecule has 5 nitrogen and oxygen atoms in total. The minimum absolute atomic E-state index is 0.00656. The molecule has 31 heavy (non-hydrogen) atoms. The van der Waals surface area contributed by atoms with E-state index in [1.807, 2.05) is 48.5 Å². The summed E-state index contributed by atoms with van der Waals surface area (Å²) in [4.78, 5) is 17.5. The Labute approximate surface area is 186 Å². The molecule has 1 aromatic heterocycles. The van der Waals surface area contributed by atoms with Gasteiger partial charge in [-0.05, 0) is 42.0 Å². The van der Waals surface area contributed by atoms with E-state index in [9.17, 15) is 9.18 Å². The zero-order valence-electron chi connectivity index (χ0n) is 16.0. The first kappa shape index (κ1) is 19.5.